The molecule has 1 rings (SSSR count). The van der Waals surface area contributed by atoms with Crippen LogP contribution >= 0.6 is 11.8 Å². The highest BCUT2D eigenvalue weighted by Gasteiger charge is 2.16. The van der Waals surface area contributed by atoms with Crippen LogP contribution in [-0.2, 0) is 0 Å². The predicted octanol–water partition coefficient (Wildman–Crippen LogP) is 2.66. The molecule has 2 heteroatoms. The summed E-state index contributed by atoms with van der Waals surface area (Å²) in [7, 11) is 0. The van der Waals surface area contributed by atoms with Crippen molar-refractivity contribution in [2.45, 2.75) is 51.1 Å². The van der Waals surface area contributed by atoms with Gasteiger partial charge in [0.1, 0.15) is 0 Å². The monoisotopic (exact) mass is 187 g/mol. The molecular weight excluding hydrogens is 166 g/mol. The minimum absolute atomic E-state index is 0.723. The Morgan fingerprint density at radius 1 is 1.42 bits per heavy atom. The van der Waals surface area contributed by atoms with Gasteiger partial charge in [-0.3, -0.25) is 0 Å². The van der Waals surface area contributed by atoms with Crippen molar-refractivity contribution in [2.75, 3.05) is 12.0 Å². The van der Waals surface area contributed by atoms with Gasteiger partial charge in [-0.2, -0.15) is 11.8 Å². The highest BCUT2D eigenvalue weighted by Crippen LogP contribution is 2.18. The van der Waals surface area contributed by atoms with Crippen LogP contribution in [0.5, 0.6) is 0 Å². The van der Waals surface area contributed by atoms with Crippen molar-refractivity contribution >= 4 is 11.8 Å². The van der Waals surface area contributed by atoms with Crippen molar-refractivity contribution < 1.29 is 0 Å². The van der Waals surface area contributed by atoms with Crippen molar-refractivity contribution in [1.82, 2.24) is 5.32 Å². The van der Waals surface area contributed by atoms with Gasteiger partial charge in [-0.25, -0.2) is 0 Å². The van der Waals surface area contributed by atoms with Crippen LogP contribution < -0.4 is 5.32 Å². The van der Waals surface area contributed by atoms with E-state index in [-0.39, 0.29) is 0 Å². The summed E-state index contributed by atoms with van der Waals surface area (Å²) < 4.78 is 0. The quantitative estimate of drug-likeness (QED) is 0.710. The van der Waals surface area contributed by atoms with E-state index < -0.39 is 0 Å². The number of rotatable bonds is 5. The molecule has 0 aromatic rings. The zero-order chi connectivity index (χ0) is 8.81. The molecule has 1 saturated carbocycles. The maximum absolute atomic E-state index is 3.70. The summed E-state index contributed by atoms with van der Waals surface area (Å²) in [5.74, 6) is 1.29. The average Bonchev–Trinajstić information content (AvgIpc) is 2.53. The van der Waals surface area contributed by atoms with Gasteiger partial charge in [0, 0.05) is 12.1 Å². The molecule has 1 aliphatic carbocycles. The topological polar surface area (TPSA) is 12.0 Å². The molecular formula is C10H21NS. The van der Waals surface area contributed by atoms with E-state index in [2.05, 4.69) is 18.5 Å². The smallest absolute Gasteiger partial charge is 0.00695 e. The fourth-order valence-electron chi connectivity index (χ4n) is 1.87. The van der Waals surface area contributed by atoms with E-state index in [0.717, 1.165) is 12.1 Å². The molecule has 72 valence electrons. The Balaban J connectivity index is 2.03. The molecule has 1 atom stereocenters. The summed E-state index contributed by atoms with van der Waals surface area (Å²) in [6.07, 6.45) is 9.19. The first-order valence-corrected chi connectivity index (χ1v) is 6.47. The van der Waals surface area contributed by atoms with Gasteiger partial charge in [-0.05, 0) is 38.2 Å². The molecule has 0 radical (unpaired) electrons. The Morgan fingerprint density at radius 3 is 2.67 bits per heavy atom. The minimum Gasteiger partial charge on any atom is -0.311 e. The summed E-state index contributed by atoms with van der Waals surface area (Å²) in [6.45, 7) is 2.31. The van der Waals surface area contributed by atoms with Gasteiger partial charge in [-0.15, -0.1) is 0 Å². The largest absolute Gasteiger partial charge is 0.311 e. The number of hydrogen-bond acceptors (Lipinski definition) is 2. The van der Waals surface area contributed by atoms with E-state index in [1.54, 1.807) is 0 Å². The molecule has 0 amide bonds. The zero-order valence-electron chi connectivity index (χ0n) is 8.31. The lowest BCUT2D eigenvalue weighted by atomic mass is 10.2. The Hall–Kier alpha value is 0.310. The van der Waals surface area contributed by atoms with E-state index in [1.165, 1.54) is 37.9 Å². The summed E-state index contributed by atoms with van der Waals surface area (Å²) in [4.78, 5) is 0. The molecule has 0 heterocycles. The molecule has 0 saturated heterocycles. The maximum Gasteiger partial charge on any atom is 0.00695 e. The third-order valence-corrected chi connectivity index (χ3v) is 3.27. The van der Waals surface area contributed by atoms with E-state index in [9.17, 15) is 0 Å². The number of thioether (sulfide) groups is 1. The van der Waals surface area contributed by atoms with Gasteiger partial charge >= 0.3 is 0 Å². The summed E-state index contributed by atoms with van der Waals surface area (Å²) in [6, 6.07) is 1.56. The summed E-state index contributed by atoms with van der Waals surface area (Å²) >= 11 is 1.95. The first-order valence-electron chi connectivity index (χ1n) is 5.08. The van der Waals surface area contributed by atoms with Gasteiger partial charge in [0.15, 0.2) is 0 Å². The van der Waals surface area contributed by atoms with Gasteiger partial charge < -0.3 is 5.32 Å². The van der Waals surface area contributed by atoms with Gasteiger partial charge in [0.05, 0.1) is 0 Å². The second-order valence-electron chi connectivity index (χ2n) is 3.83. The highest BCUT2D eigenvalue weighted by molar-refractivity contribution is 7.98. The molecule has 0 bridgehead atoms. The molecule has 0 aromatic heterocycles. The van der Waals surface area contributed by atoms with E-state index in [1.807, 2.05) is 11.8 Å². The SMILES string of the molecule is CSCCC(C)NC1CCCC1. The van der Waals surface area contributed by atoms with Crippen LogP contribution in [0, 0.1) is 0 Å². The molecule has 1 fully saturated rings. The maximum atomic E-state index is 3.70. The van der Waals surface area contributed by atoms with E-state index >= 15 is 0 Å². The van der Waals surface area contributed by atoms with E-state index in [0.29, 0.717) is 0 Å². The van der Waals surface area contributed by atoms with Crippen molar-refractivity contribution in [1.29, 1.82) is 0 Å². The molecule has 0 aromatic carbocycles. The van der Waals surface area contributed by atoms with Crippen LogP contribution in [0.2, 0.25) is 0 Å². The van der Waals surface area contributed by atoms with Crippen molar-refractivity contribution in [3.63, 3.8) is 0 Å². The minimum atomic E-state index is 0.723. The normalized spacial score (nSPS) is 21.5. The summed E-state index contributed by atoms with van der Waals surface area (Å²) in [5, 5.41) is 3.70. The standard InChI is InChI=1S/C10H21NS/c1-9(7-8-12-2)11-10-5-3-4-6-10/h9-11H,3-8H2,1-2H3. The highest BCUT2D eigenvalue weighted by atomic mass is 32.2. The van der Waals surface area contributed by atoms with Crippen molar-refractivity contribution in [3.8, 4) is 0 Å². The molecule has 0 spiro atoms. The van der Waals surface area contributed by atoms with Crippen LogP contribution in [-0.4, -0.2) is 24.1 Å². The first-order chi connectivity index (χ1) is 5.83. The Labute approximate surface area is 80.7 Å². The molecule has 1 aliphatic rings. The Bertz CT molecular complexity index is 110. The Kier molecular flexibility index (Phi) is 5.08. The molecule has 12 heavy (non-hydrogen) atoms. The lowest BCUT2D eigenvalue weighted by Gasteiger charge is -2.18. The van der Waals surface area contributed by atoms with Crippen LogP contribution in [0.3, 0.4) is 0 Å². The lowest BCUT2D eigenvalue weighted by Crippen LogP contribution is -2.34. The third kappa shape index (κ3) is 3.81. The fourth-order valence-corrected chi connectivity index (χ4v) is 2.46. The molecule has 0 aliphatic heterocycles. The Morgan fingerprint density at radius 2 is 2.08 bits per heavy atom. The summed E-state index contributed by atoms with van der Waals surface area (Å²) in [5.41, 5.74) is 0. The van der Waals surface area contributed by atoms with Crippen molar-refractivity contribution in [3.05, 3.63) is 0 Å². The van der Waals surface area contributed by atoms with Gasteiger partial charge in [-0.1, -0.05) is 12.8 Å². The molecule has 1 unspecified atom stereocenters. The van der Waals surface area contributed by atoms with Crippen LogP contribution in [0.4, 0.5) is 0 Å². The van der Waals surface area contributed by atoms with Crippen LogP contribution in [0.15, 0.2) is 0 Å². The fraction of sp³-hybridized carbons (Fsp3) is 1.00. The van der Waals surface area contributed by atoms with E-state index in [4.69, 9.17) is 0 Å². The second kappa shape index (κ2) is 5.87. The van der Waals surface area contributed by atoms with Crippen LogP contribution in [0.25, 0.3) is 0 Å². The first kappa shape index (κ1) is 10.4. The second-order valence-corrected chi connectivity index (χ2v) is 4.82. The molecule has 1 N–H and O–H groups in total. The third-order valence-electron chi connectivity index (χ3n) is 2.63. The van der Waals surface area contributed by atoms with Gasteiger partial charge in [0.25, 0.3) is 0 Å². The zero-order valence-corrected chi connectivity index (χ0v) is 9.12. The number of hydrogen-bond donors (Lipinski definition) is 1. The number of nitrogens with one attached hydrogen (secondary N) is 1. The van der Waals surface area contributed by atoms with Crippen molar-refractivity contribution in [2.24, 2.45) is 0 Å². The van der Waals surface area contributed by atoms with Crippen LogP contribution in [0.1, 0.15) is 39.0 Å². The molecule has 1 nitrogen and oxygen atoms in total. The lowest BCUT2D eigenvalue weighted by molar-refractivity contribution is 0.444. The predicted molar refractivity (Wildman–Crippen MR) is 57.9 cm³/mol. The average molecular weight is 187 g/mol. The van der Waals surface area contributed by atoms with Gasteiger partial charge in [0.2, 0.25) is 0 Å².